The van der Waals surface area contributed by atoms with Crippen molar-refractivity contribution in [2.75, 3.05) is 7.11 Å². The molecule has 1 rings (SSSR count). The van der Waals surface area contributed by atoms with Gasteiger partial charge in [0.25, 0.3) is 0 Å². The molecule has 1 aromatic heterocycles. The van der Waals surface area contributed by atoms with E-state index in [2.05, 4.69) is 10.2 Å². The van der Waals surface area contributed by atoms with Crippen molar-refractivity contribution in [1.29, 1.82) is 0 Å². The lowest BCUT2D eigenvalue weighted by molar-refractivity contribution is 0.412. The van der Waals surface area contributed by atoms with Crippen LogP contribution < -0.4 is 4.74 Å². The number of hydrogen-bond acceptors (Lipinski definition) is 3. The summed E-state index contributed by atoms with van der Waals surface area (Å²) in [4.78, 5) is 0. The van der Waals surface area contributed by atoms with Gasteiger partial charge in [-0.2, -0.15) is 5.10 Å². The molecule has 0 atom stereocenters. The van der Waals surface area contributed by atoms with E-state index < -0.39 is 0 Å². The first-order valence-corrected chi connectivity index (χ1v) is 3.22. The Kier molecular flexibility index (Phi) is 2.29. The van der Waals surface area contributed by atoms with E-state index in [0.717, 1.165) is 0 Å². The van der Waals surface area contributed by atoms with Crippen LogP contribution in [0.25, 0.3) is 0 Å². The van der Waals surface area contributed by atoms with Crippen LogP contribution in [0, 0.1) is 0 Å². The molecular formula is C5H4Cl2N2O. The van der Waals surface area contributed by atoms with Gasteiger partial charge in [0.1, 0.15) is 5.02 Å². The van der Waals surface area contributed by atoms with Crippen LogP contribution in [0.1, 0.15) is 0 Å². The van der Waals surface area contributed by atoms with Gasteiger partial charge < -0.3 is 4.74 Å². The SMILES string of the molecule is COc1c(Cl)cnnc1Cl. The van der Waals surface area contributed by atoms with Crippen molar-refractivity contribution >= 4 is 23.2 Å². The standard InChI is InChI=1S/C5H4Cl2N2O/c1-10-4-3(6)2-8-9-5(4)7/h2H,1H3. The molecule has 0 radical (unpaired) electrons. The van der Waals surface area contributed by atoms with Gasteiger partial charge in [-0.3, -0.25) is 0 Å². The fraction of sp³-hybridized carbons (Fsp3) is 0.200. The molecule has 10 heavy (non-hydrogen) atoms. The number of halogens is 2. The largest absolute Gasteiger partial charge is 0.492 e. The molecule has 0 N–H and O–H groups in total. The number of aromatic nitrogens is 2. The van der Waals surface area contributed by atoms with E-state index >= 15 is 0 Å². The fourth-order valence-electron chi connectivity index (χ4n) is 0.515. The Balaban J connectivity index is 3.17. The van der Waals surface area contributed by atoms with E-state index in [4.69, 9.17) is 27.9 Å². The summed E-state index contributed by atoms with van der Waals surface area (Å²) in [5.74, 6) is 0.360. The van der Waals surface area contributed by atoms with Crippen molar-refractivity contribution in [3.05, 3.63) is 16.4 Å². The number of hydrogen-bond donors (Lipinski definition) is 0. The first-order chi connectivity index (χ1) is 4.75. The first kappa shape index (κ1) is 7.57. The fourth-order valence-corrected chi connectivity index (χ4v) is 0.996. The van der Waals surface area contributed by atoms with Crippen molar-refractivity contribution in [3.63, 3.8) is 0 Å². The summed E-state index contributed by atoms with van der Waals surface area (Å²) in [6.07, 6.45) is 1.37. The van der Waals surface area contributed by atoms with Gasteiger partial charge in [0.2, 0.25) is 0 Å². The highest BCUT2D eigenvalue weighted by Gasteiger charge is 2.05. The number of nitrogens with zero attached hydrogens (tertiary/aromatic N) is 2. The highest BCUT2D eigenvalue weighted by atomic mass is 35.5. The number of ether oxygens (including phenoxy) is 1. The summed E-state index contributed by atoms with van der Waals surface area (Å²) in [5, 5.41) is 7.55. The smallest absolute Gasteiger partial charge is 0.195 e. The quantitative estimate of drug-likeness (QED) is 0.659. The summed E-state index contributed by atoms with van der Waals surface area (Å²) < 4.78 is 4.81. The van der Waals surface area contributed by atoms with Gasteiger partial charge in [-0.15, -0.1) is 5.10 Å². The van der Waals surface area contributed by atoms with Crippen molar-refractivity contribution in [2.24, 2.45) is 0 Å². The summed E-state index contributed by atoms with van der Waals surface area (Å²) in [7, 11) is 1.47. The molecule has 54 valence electrons. The van der Waals surface area contributed by atoms with Crippen LogP contribution in [0.15, 0.2) is 6.20 Å². The van der Waals surface area contributed by atoms with Crippen molar-refractivity contribution < 1.29 is 4.74 Å². The zero-order valence-corrected chi connectivity index (χ0v) is 6.65. The minimum atomic E-state index is 0.176. The second-order valence-corrected chi connectivity index (χ2v) is 2.28. The Morgan fingerprint density at radius 2 is 2.20 bits per heavy atom. The van der Waals surface area contributed by atoms with Crippen LogP contribution in [-0.2, 0) is 0 Å². The van der Waals surface area contributed by atoms with Crippen LogP contribution in [-0.4, -0.2) is 17.3 Å². The molecule has 0 spiro atoms. The van der Waals surface area contributed by atoms with E-state index in [9.17, 15) is 0 Å². The summed E-state index contributed by atoms with van der Waals surface area (Å²) in [6, 6.07) is 0. The Morgan fingerprint density at radius 1 is 1.50 bits per heavy atom. The molecule has 0 aliphatic heterocycles. The molecule has 3 nitrogen and oxygen atoms in total. The predicted molar refractivity (Wildman–Crippen MR) is 38.6 cm³/mol. The third kappa shape index (κ3) is 1.30. The lowest BCUT2D eigenvalue weighted by Crippen LogP contribution is -1.89. The van der Waals surface area contributed by atoms with Gasteiger partial charge in [-0.25, -0.2) is 0 Å². The van der Waals surface area contributed by atoms with Gasteiger partial charge in [0.05, 0.1) is 13.3 Å². The second-order valence-electron chi connectivity index (χ2n) is 1.52. The molecule has 0 aliphatic rings. The van der Waals surface area contributed by atoms with Crippen LogP contribution in [0.4, 0.5) is 0 Å². The minimum absolute atomic E-state index is 0.176. The topological polar surface area (TPSA) is 35.0 Å². The third-order valence-corrected chi connectivity index (χ3v) is 1.44. The third-order valence-electron chi connectivity index (χ3n) is 0.925. The molecule has 0 saturated heterocycles. The molecule has 0 fully saturated rings. The normalized spacial score (nSPS) is 9.50. The second kappa shape index (κ2) is 3.03. The predicted octanol–water partition coefficient (Wildman–Crippen LogP) is 1.79. The average Bonchev–Trinajstić information content (AvgIpc) is 1.88. The van der Waals surface area contributed by atoms with Crippen LogP contribution in [0.2, 0.25) is 10.2 Å². The van der Waals surface area contributed by atoms with Crippen LogP contribution >= 0.6 is 23.2 Å². The molecule has 0 bridgehead atoms. The van der Waals surface area contributed by atoms with E-state index in [0.29, 0.717) is 10.8 Å². The monoisotopic (exact) mass is 178 g/mol. The van der Waals surface area contributed by atoms with Gasteiger partial charge >= 0.3 is 0 Å². The lowest BCUT2D eigenvalue weighted by atomic mass is 10.5. The highest BCUT2D eigenvalue weighted by Crippen LogP contribution is 2.28. The molecule has 0 aromatic carbocycles. The summed E-state index contributed by atoms with van der Waals surface area (Å²) in [6.45, 7) is 0. The molecule has 1 aromatic rings. The Hall–Kier alpha value is -0.540. The Bertz CT molecular complexity index is 221. The lowest BCUT2D eigenvalue weighted by Gasteiger charge is -2.00. The maximum absolute atomic E-state index is 5.62. The maximum Gasteiger partial charge on any atom is 0.195 e. The zero-order chi connectivity index (χ0) is 7.56. The van der Waals surface area contributed by atoms with E-state index in [1.807, 2.05) is 0 Å². The minimum Gasteiger partial charge on any atom is -0.492 e. The number of rotatable bonds is 1. The first-order valence-electron chi connectivity index (χ1n) is 2.46. The van der Waals surface area contributed by atoms with E-state index in [1.54, 1.807) is 0 Å². The molecule has 0 amide bonds. The maximum atomic E-state index is 5.62. The Morgan fingerprint density at radius 3 is 2.60 bits per heavy atom. The Labute approximate surface area is 67.9 Å². The van der Waals surface area contributed by atoms with Crippen LogP contribution in [0.3, 0.4) is 0 Å². The number of methoxy groups -OCH3 is 1. The van der Waals surface area contributed by atoms with Crippen molar-refractivity contribution in [2.45, 2.75) is 0 Å². The molecule has 0 aliphatic carbocycles. The summed E-state index contributed by atoms with van der Waals surface area (Å²) >= 11 is 11.2. The molecule has 5 heteroatoms. The molecule has 0 unspecified atom stereocenters. The molecule has 0 saturated carbocycles. The van der Waals surface area contributed by atoms with Crippen LogP contribution in [0.5, 0.6) is 5.75 Å². The van der Waals surface area contributed by atoms with Crippen molar-refractivity contribution in [3.8, 4) is 5.75 Å². The van der Waals surface area contributed by atoms with Gasteiger partial charge in [0.15, 0.2) is 10.9 Å². The van der Waals surface area contributed by atoms with Crippen molar-refractivity contribution in [1.82, 2.24) is 10.2 Å². The van der Waals surface area contributed by atoms with Gasteiger partial charge in [0, 0.05) is 0 Å². The van der Waals surface area contributed by atoms with Gasteiger partial charge in [-0.05, 0) is 0 Å². The average molecular weight is 179 g/mol. The van der Waals surface area contributed by atoms with E-state index in [-0.39, 0.29) is 5.15 Å². The van der Waals surface area contributed by atoms with Gasteiger partial charge in [-0.1, -0.05) is 23.2 Å². The van der Waals surface area contributed by atoms with E-state index in [1.165, 1.54) is 13.3 Å². The molecular weight excluding hydrogens is 175 g/mol. The summed E-state index contributed by atoms with van der Waals surface area (Å²) in [5.41, 5.74) is 0. The molecule has 1 heterocycles. The zero-order valence-electron chi connectivity index (χ0n) is 5.14. The highest BCUT2D eigenvalue weighted by molar-refractivity contribution is 6.36.